The van der Waals surface area contributed by atoms with E-state index in [4.69, 9.17) is 9.47 Å². The standard InChI is InChI=1S/C11H21NO2/c1-9(2)6-12-11(14-7-9)5-10(3,4)13-8-11/h12H,5-8H2,1-4H3. The highest BCUT2D eigenvalue weighted by Gasteiger charge is 2.48. The maximum absolute atomic E-state index is 5.94. The van der Waals surface area contributed by atoms with Crippen LogP contribution < -0.4 is 5.32 Å². The Morgan fingerprint density at radius 3 is 2.14 bits per heavy atom. The maximum Gasteiger partial charge on any atom is 0.145 e. The van der Waals surface area contributed by atoms with Gasteiger partial charge in [0, 0.05) is 18.4 Å². The van der Waals surface area contributed by atoms with Crippen LogP contribution in [0.4, 0.5) is 0 Å². The fourth-order valence-electron chi connectivity index (χ4n) is 2.14. The maximum atomic E-state index is 5.94. The predicted octanol–water partition coefficient (Wildman–Crippen LogP) is 1.53. The van der Waals surface area contributed by atoms with Crippen LogP contribution in [0.1, 0.15) is 34.1 Å². The van der Waals surface area contributed by atoms with Gasteiger partial charge in [-0.05, 0) is 13.8 Å². The highest BCUT2D eigenvalue weighted by atomic mass is 16.6. The molecule has 0 aromatic carbocycles. The van der Waals surface area contributed by atoms with Gasteiger partial charge in [-0.3, -0.25) is 5.32 Å². The molecule has 1 spiro atoms. The summed E-state index contributed by atoms with van der Waals surface area (Å²) in [5.41, 5.74) is -0.00845. The smallest absolute Gasteiger partial charge is 0.145 e. The molecule has 2 aliphatic heterocycles. The van der Waals surface area contributed by atoms with Gasteiger partial charge in [-0.25, -0.2) is 0 Å². The highest BCUT2D eigenvalue weighted by molar-refractivity contribution is 4.96. The summed E-state index contributed by atoms with van der Waals surface area (Å²) in [5, 5.41) is 3.49. The SMILES string of the molecule is CC1(C)CNC2(COC(C)(C)C2)OC1. The molecule has 1 atom stereocenters. The van der Waals surface area contributed by atoms with E-state index in [0.29, 0.717) is 6.61 Å². The third kappa shape index (κ3) is 1.95. The molecule has 1 unspecified atom stereocenters. The van der Waals surface area contributed by atoms with E-state index in [0.717, 1.165) is 19.6 Å². The van der Waals surface area contributed by atoms with Crippen molar-refractivity contribution in [3.8, 4) is 0 Å². The van der Waals surface area contributed by atoms with Crippen molar-refractivity contribution in [3.63, 3.8) is 0 Å². The van der Waals surface area contributed by atoms with Crippen molar-refractivity contribution in [2.24, 2.45) is 5.41 Å². The first-order valence-electron chi connectivity index (χ1n) is 5.36. The number of rotatable bonds is 0. The van der Waals surface area contributed by atoms with Crippen LogP contribution in [0.5, 0.6) is 0 Å². The molecule has 0 aliphatic carbocycles. The molecule has 14 heavy (non-hydrogen) atoms. The molecule has 0 aromatic rings. The Morgan fingerprint density at radius 1 is 1.00 bits per heavy atom. The molecule has 82 valence electrons. The summed E-state index contributed by atoms with van der Waals surface area (Å²) >= 11 is 0. The van der Waals surface area contributed by atoms with Crippen molar-refractivity contribution >= 4 is 0 Å². The van der Waals surface area contributed by atoms with E-state index in [1.54, 1.807) is 0 Å². The Hall–Kier alpha value is -0.120. The molecule has 0 saturated carbocycles. The van der Waals surface area contributed by atoms with E-state index in [-0.39, 0.29) is 16.7 Å². The quantitative estimate of drug-likeness (QED) is 0.641. The van der Waals surface area contributed by atoms with Crippen LogP contribution in [0.2, 0.25) is 0 Å². The summed E-state index contributed by atoms with van der Waals surface area (Å²) in [7, 11) is 0. The van der Waals surface area contributed by atoms with Crippen LogP contribution in [-0.4, -0.2) is 31.1 Å². The molecule has 0 bridgehead atoms. The summed E-state index contributed by atoms with van der Waals surface area (Å²) in [6, 6.07) is 0. The van der Waals surface area contributed by atoms with Gasteiger partial charge in [0.25, 0.3) is 0 Å². The zero-order valence-electron chi connectivity index (χ0n) is 9.64. The lowest BCUT2D eigenvalue weighted by atomic mass is 9.90. The van der Waals surface area contributed by atoms with Gasteiger partial charge in [-0.1, -0.05) is 13.8 Å². The first-order valence-corrected chi connectivity index (χ1v) is 5.36. The van der Waals surface area contributed by atoms with Gasteiger partial charge in [0.2, 0.25) is 0 Å². The van der Waals surface area contributed by atoms with Gasteiger partial charge in [0.05, 0.1) is 18.8 Å². The molecule has 0 radical (unpaired) electrons. The minimum Gasteiger partial charge on any atom is -0.371 e. The molecule has 2 rings (SSSR count). The van der Waals surface area contributed by atoms with Crippen LogP contribution in [0.25, 0.3) is 0 Å². The molecular formula is C11H21NO2. The van der Waals surface area contributed by atoms with E-state index in [1.165, 1.54) is 0 Å². The fraction of sp³-hybridized carbons (Fsp3) is 1.00. The molecule has 2 saturated heterocycles. The van der Waals surface area contributed by atoms with Crippen molar-refractivity contribution < 1.29 is 9.47 Å². The fourth-order valence-corrected chi connectivity index (χ4v) is 2.14. The minimum atomic E-state index is -0.209. The van der Waals surface area contributed by atoms with Gasteiger partial charge >= 0.3 is 0 Å². The van der Waals surface area contributed by atoms with Crippen LogP contribution in [-0.2, 0) is 9.47 Å². The highest BCUT2D eigenvalue weighted by Crippen LogP contribution is 2.37. The van der Waals surface area contributed by atoms with Crippen LogP contribution in [0, 0.1) is 5.41 Å². The average Bonchev–Trinajstić information content (AvgIpc) is 2.36. The molecule has 0 amide bonds. The Labute approximate surface area is 86.2 Å². The van der Waals surface area contributed by atoms with Crippen molar-refractivity contribution in [2.45, 2.75) is 45.4 Å². The molecule has 2 fully saturated rings. The first-order chi connectivity index (χ1) is 6.33. The second-order valence-electron chi connectivity index (χ2n) is 6.03. The Morgan fingerprint density at radius 2 is 1.71 bits per heavy atom. The molecule has 0 aromatic heterocycles. The second kappa shape index (κ2) is 2.94. The number of hydrogen-bond donors (Lipinski definition) is 1. The Balaban J connectivity index is 2.01. The van der Waals surface area contributed by atoms with E-state index in [9.17, 15) is 0 Å². The molecule has 1 N–H and O–H groups in total. The van der Waals surface area contributed by atoms with E-state index < -0.39 is 0 Å². The monoisotopic (exact) mass is 199 g/mol. The lowest BCUT2D eigenvalue weighted by Crippen LogP contribution is -2.58. The van der Waals surface area contributed by atoms with Crippen molar-refractivity contribution in [3.05, 3.63) is 0 Å². The third-order valence-corrected chi connectivity index (χ3v) is 3.04. The van der Waals surface area contributed by atoms with Gasteiger partial charge in [0.15, 0.2) is 0 Å². The van der Waals surface area contributed by atoms with E-state index in [2.05, 4.69) is 33.0 Å². The molecule has 3 nitrogen and oxygen atoms in total. The summed E-state index contributed by atoms with van der Waals surface area (Å²) < 4.78 is 11.7. The normalized spacial score (nSPS) is 40.3. The Bertz CT molecular complexity index is 225. The number of hydrogen-bond acceptors (Lipinski definition) is 3. The third-order valence-electron chi connectivity index (χ3n) is 3.04. The Kier molecular flexibility index (Phi) is 2.18. The van der Waals surface area contributed by atoms with Gasteiger partial charge in [0.1, 0.15) is 5.72 Å². The lowest BCUT2D eigenvalue weighted by molar-refractivity contribution is -0.136. The number of ether oxygens (including phenoxy) is 2. The molecule has 3 heteroatoms. The minimum absolute atomic E-state index is 0.0471. The molecular weight excluding hydrogens is 178 g/mol. The van der Waals surface area contributed by atoms with Crippen LogP contribution in [0.3, 0.4) is 0 Å². The van der Waals surface area contributed by atoms with Gasteiger partial charge in [-0.2, -0.15) is 0 Å². The summed E-state index contributed by atoms with van der Waals surface area (Å²) in [4.78, 5) is 0. The summed E-state index contributed by atoms with van der Waals surface area (Å²) in [5.74, 6) is 0. The first kappa shape index (κ1) is 10.4. The number of nitrogens with one attached hydrogen (secondary N) is 1. The zero-order chi connectivity index (χ0) is 10.4. The largest absolute Gasteiger partial charge is 0.371 e. The van der Waals surface area contributed by atoms with Crippen molar-refractivity contribution in [2.75, 3.05) is 19.8 Å². The van der Waals surface area contributed by atoms with Gasteiger partial charge in [-0.15, -0.1) is 0 Å². The van der Waals surface area contributed by atoms with Gasteiger partial charge < -0.3 is 9.47 Å². The van der Waals surface area contributed by atoms with E-state index >= 15 is 0 Å². The van der Waals surface area contributed by atoms with Crippen LogP contribution in [0.15, 0.2) is 0 Å². The molecule has 2 aliphatic rings. The summed E-state index contributed by atoms with van der Waals surface area (Å²) in [6.07, 6.45) is 0.941. The zero-order valence-corrected chi connectivity index (χ0v) is 9.64. The topological polar surface area (TPSA) is 30.5 Å². The van der Waals surface area contributed by atoms with E-state index in [1.807, 2.05) is 0 Å². The van der Waals surface area contributed by atoms with Crippen LogP contribution >= 0.6 is 0 Å². The molecule has 2 heterocycles. The summed E-state index contributed by atoms with van der Waals surface area (Å²) in [6.45, 7) is 11.2. The average molecular weight is 199 g/mol. The second-order valence-corrected chi connectivity index (χ2v) is 6.03. The predicted molar refractivity (Wildman–Crippen MR) is 55.1 cm³/mol. The lowest BCUT2D eigenvalue weighted by Gasteiger charge is -2.42. The van der Waals surface area contributed by atoms with Crippen molar-refractivity contribution in [1.29, 1.82) is 0 Å². The van der Waals surface area contributed by atoms with Crippen molar-refractivity contribution in [1.82, 2.24) is 5.32 Å².